The molecule has 1 aliphatic rings. The fourth-order valence-electron chi connectivity index (χ4n) is 3.19. The standard InChI is InChI=1S/C15H23N3OS2/c1-19-13-12(18-8-9-21-14(18)17-13)10-16-11-15(20-2)6-4-3-5-7-15/h8-9,16H,3-7,10-11H2,1-2H3. The summed E-state index contributed by atoms with van der Waals surface area (Å²) in [5.74, 6) is 0.746. The highest BCUT2D eigenvalue weighted by atomic mass is 32.2. The Kier molecular flexibility index (Phi) is 4.76. The number of nitrogens with one attached hydrogen (secondary N) is 1. The molecule has 2 heterocycles. The summed E-state index contributed by atoms with van der Waals surface area (Å²) in [5, 5.41) is 5.71. The van der Waals surface area contributed by atoms with Crippen LogP contribution in [0.5, 0.6) is 5.88 Å². The van der Waals surface area contributed by atoms with Gasteiger partial charge in [-0.15, -0.1) is 11.3 Å². The van der Waals surface area contributed by atoms with Crippen molar-refractivity contribution in [3.63, 3.8) is 0 Å². The lowest BCUT2D eigenvalue weighted by Gasteiger charge is -2.36. The fourth-order valence-corrected chi connectivity index (χ4v) is 4.86. The van der Waals surface area contributed by atoms with Gasteiger partial charge in [0.2, 0.25) is 5.88 Å². The first kappa shape index (κ1) is 15.2. The molecule has 0 amide bonds. The molecule has 2 aromatic heterocycles. The number of thiazole rings is 1. The second kappa shape index (κ2) is 6.58. The van der Waals surface area contributed by atoms with Crippen molar-refractivity contribution in [2.45, 2.75) is 43.4 Å². The molecule has 6 heteroatoms. The molecule has 0 atom stereocenters. The van der Waals surface area contributed by atoms with E-state index < -0.39 is 0 Å². The summed E-state index contributed by atoms with van der Waals surface area (Å²) in [7, 11) is 1.69. The van der Waals surface area contributed by atoms with Gasteiger partial charge in [0.15, 0.2) is 4.96 Å². The number of methoxy groups -OCH3 is 1. The lowest BCUT2D eigenvalue weighted by molar-refractivity contribution is 0.371. The number of aromatic nitrogens is 2. The van der Waals surface area contributed by atoms with Gasteiger partial charge in [-0.05, 0) is 19.1 Å². The van der Waals surface area contributed by atoms with Gasteiger partial charge in [-0.1, -0.05) is 19.3 Å². The van der Waals surface area contributed by atoms with E-state index in [0.29, 0.717) is 4.75 Å². The van der Waals surface area contributed by atoms with Crippen molar-refractivity contribution in [1.29, 1.82) is 0 Å². The predicted octanol–water partition coefficient (Wildman–Crippen LogP) is 3.56. The molecule has 0 unspecified atom stereocenters. The Labute approximate surface area is 134 Å². The van der Waals surface area contributed by atoms with Gasteiger partial charge in [0.25, 0.3) is 0 Å². The number of hydrogen-bond donors (Lipinski definition) is 1. The average Bonchev–Trinajstić information content (AvgIpc) is 3.10. The van der Waals surface area contributed by atoms with Gasteiger partial charge in [0.1, 0.15) is 5.69 Å². The lowest BCUT2D eigenvalue weighted by Crippen LogP contribution is -2.39. The highest BCUT2D eigenvalue weighted by Gasteiger charge is 2.30. The van der Waals surface area contributed by atoms with Crippen LogP contribution in [0.25, 0.3) is 4.96 Å². The van der Waals surface area contributed by atoms with Crippen molar-refractivity contribution < 1.29 is 4.74 Å². The molecule has 21 heavy (non-hydrogen) atoms. The van der Waals surface area contributed by atoms with E-state index in [0.717, 1.165) is 29.6 Å². The van der Waals surface area contributed by atoms with Crippen LogP contribution in [0.3, 0.4) is 0 Å². The largest absolute Gasteiger partial charge is 0.480 e. The topological polar surface area (TPSA) is 38.6 Å². The van der Waals surface area contributed by atoms with E-state index in [-0.39, 0.29) is 0 Å². The Bertz CT molecular complexity index is 587. The van der Waals surface area contributed by atoms with E-state index in [9.17, 15) is 0 Å². The first-order chi connectivity index (χ1) is 10.3. The van der Waals surface area contributed by atoms with Crippen LogP contribution in [0.15, 0.2) is 11.6 Å². The molecule has 0 saturated heterocycles. The lowest BCUT2D eigenvalue weighted by atomic mass is 9.88. The van der Waals surface area contributed by atoms with Crippen LogP contribution < -0.4 is 10.1 Å². The van der Waals surface area contributed by atoms with Crippen LogP contribution in [0.1, 0.15) is 37.8 Å². The highest BCUT2D eigenvalue weighted by molar-refractivity contribution is 8.00. The third kappa shape index (κ3) is 3.07. The summed E-state index contributed by atoms with van der Waals surface area (Å²) in [6, 6.07) is 0. The van der Waals surface area contributed by atoms with Gasteiger partial charge in [-0.3, -0.25) is 4.40 Å². The SMILES string of the molecule is COc1nc2sccn2c1CNCC1(SC)CCCCC1. The van der Waals surface area contributed by atoms with Crippen LogP contribution in [0.2, 0.25) is 0 Å². The molecule has 0 bridgehead atoms. The summed E-state index contributed by atoms with van der Waals surface area (Å²) in [4.78, 5) is 5.51. The molecule has 4 nitrogen and oxygen atoms in total. The van der Waals surface area contributed by atoms with Crippen molar-refractivity contribution in [3.05, 3.63) is 17.3 Å². The maximum absolute atomic E-state index is 5.41. The van der Waals surface area contributed by atoms with E-state index in [2.05, 4.69) is 32.5 Å². The Balaban J connectivity index is 1.67. The number of rotatable bonds is 6. The van der Waals surface area contributed by atoms with Crippen molar-refractivity contribution in [2.75, 3.05) is 19.9 Å². The van der Waals surface area contributed by atoms with E-state index in [1.165, 1.54) is 32.1 Å². The van der Waals surface area contributed by atoms with Crippen LogP contribution >= 0.6 is 23.1 Å². The van der Waals surface area contributed by atoms with Crippen LogP contribution in [0.4, 0.5) is 0 Å². The molecule has 1 saturated carbocycles. The van der Waals surface area contributed by atoms with Crippen LogP contribution in [-0.2, 0) is 6.54 Å². The molecule has 2 aromatic rings. The third-order valence-electron chi connectivity index (χ3n) is 4.46. The zero-order valence-corrected chi connectivity index (χ0v) is 14.4. The van der Waals surface area contributed by atoms with Gasteiger partial charge >= 0.3 is 0 Å². The molecule has 1 N–H and O–H groups in total. The summed E-state index contributed by atoms with van der Waals surface area (Å²) in [6.07, 6.45) is 11.1. The molecule has 3 rings (SSSR count). The molecule has 1 aliphatic carbocycles. The number of nitrogens with zero attached hydrogens (tertiary/aromatic N) is 2. The number of fused-ring (bicyclic) bond motifs is 1. The molecule has 0 spiro atoms. The number of thioether (sulfide) groups is 1. The van der Waals surface area contributed by atoms with Crippen molar-refractivity contribution >= 4 is 28.1 Å². The summed E-state index contributed by atoms with van der Waals surface area (Å²) in [6.45, 7) is 1.87. The first-order valence-corrected chi connectivity index (χ1v) is 9.63. The molecule has 116 valence electrons. The van der Waals surface area contributed by atoms with Crippen molar-refractivity contribution in [3.8, 4) is 5.88 Å². The molecule has 0 radical (unpaired) electrons. The second-order valence-corrected chi connectivity index (χ2v) is 7.82. The van der Waals surface area contributed by atoms with Crippen molar-refractivity contribution in [1.82, 2.24) is 14.7 Å². The van der Waals surface area contributed by atoms with Crippen LogP contribution in [0, 0.1) is 0 Å². The highest BCUT2D eigenvalue weighted by Crippen LogP contribution is 2.38. The van der Waals surface area contributed by atoms with E-state index in [1.54, 1.807) is 18.4 Å². The number of hydrogen-bond acceptors (Lipinski definition) is 5. The van der Waals surface area contributed by atoms with E-state index in [1.807, 2.05) is 11.8 Å². The molecule has 1 fully saturated rings. The Morgan fingerprint density at radius 1 is 1.43 bits per heavy atom. The maximum atomic E-state index is 5.41. The minimum Gasteiger partial charge on any atom is -0.480 e. The second-order valence-electron chi connectivity index (χ2n) is 5.67. The van der Waals surface area contributed by atoms with Crippen LogP contribution in [-0.4, -0.2) is 34.0 Å². The van der Waals surface area contributed by atoms with Crippen molar-refractivity contribution in [2.24, 2.45) is 0 Å². The van der Waals surface area contributed by atoms with E-state index in [4.69, 9.17) is 4.74 Å². The maximum Gasteiger partial charge on any atom is 0.237 e. The fraction of sp³-hybridized carbons (Fsp3) is 0.667. The minimum absolute atomic E-state index is 0.421. The van der Waals surface area contributed by atoms with Gasteiger partial charge < -0.3 is 10.1 Å². The van der Waals surface area contributed by atoms with Gasteiger partial charge in [-0.2, -0.15) is 16.7 Å². The Hall–Kier alpha value is -0.720. The smallest absolute Gasteiger partial charge is 0.237 e. The molecular weight excluding hydrogens is 302 g/mol. The summed E-state index contributed by atoms with van der Waals surface area (Å²) < 4.78 is 7.96. The minimum atomic E-state index is 0.421. The molecule has 0 aromatic carbocycles. The monoisotopic (exact) mass is 325 g/mol. The molecule has 0 aliphatic heterocycles. The zero-order valence-electron chi connectivity index (χ0n) is 12.7. The van der Waals surface area contributed by atoms with Gasteiger partial charge in [0, 0.05) is 29.4 Å². The number of imidazole rings is 1. The molecular formula is C15H23N3OS2. The summed E-state index contributed by atoms with van der Waals surface area (Å²) >= 11 is 3.67. The van der Waals surface area contributed by atoms with E-state index >= 15 is 0 Å². The van der Waals surface area contributed by atoms with Gasteiger partial charge in [-0.25, -0.2) is 0 Å². The first-order valence-electron chi connectivity index (χ1n) is 7.52. The third-order valence-corrected chi connectivity index (χ3v) is 6.63. The predicted molar refractivity (Wildman–Crippen MR) is 90.7 cm³/mol. The normalized spacial score (nSPS) is 18.2. The zero-order chi connectivity index (χ0) is 14.7. The Morgan fingerprint density at radius 3 is 2.95 bits per heavy atom. The average molecular weight is 326 g/mol. The van der Waals surface area contributed by atoms with Gasteiger partial charge in [0.05, 0.1) is 7.11 Å². The quantitative estimate of drug-likeness (QED) is 0.881. The number of ether oxygens (including phenoxy) is 1. The summed E-state index contributed by atoms with van der Waals surface area (Å²) in [5.41, 5.74) is 1.13. The Morgan fingerprint density at radius 2 is 2.24 bits per heavy atom.